The van der Waals surface area contributed by atoms with E-state index in [0.717, 1.165) is 17.1 Å². The highest BCUT2D eigenvalue weighted by molar-refractivity contribution is 6.00. The van der Waals surface area contributed by atoms with Crippen molar-refractivity contribution in [2.75, 3.05) is 6.54 Å². The molecular weight excluding hydrogens is 374 g/mol. The summed E-state index contributed by atoms with van der Waals surface area (Å²) >= 11 is 0. The van der Waals surface area contributed by atoms with Crippen molar-refractivity contribution in [3.63, 3.8) is 0 Å². The van der Waals surface area contributed by atoms with Gasteiger partial charge in [0.15, 0.2) is 0 Å². The molecule has 6 nitrogen and oxygen atoms in total. The van der Waals surface area contributed by atoms with Crippen molar-refractivity contribution in [3.8, 4) is 16.9 Å². The van der Waals surface area contributed by atoms with E-state index in [4.69, 9.17) is 5.10 Å². The fraction of sp³-hybridized carbons (Fsp3) is 0.208. The normalized spacial score (nSPS) is 10.9. The third-order valence-electron chi connectivity index (χ3n) is 5.32. The fourth-order valence-corrected chi connectivity index (χ4v) is 3.38. The van der Waals surface area contributed by atoms with Gasteiger partial charge in [-0.25, -0.2) is 9.67 Å². The molecular formula is C24H25N5O. The molecule has 4 aromatic rings. The molecule has 4 rings (SSSR count). The number of benzene rings is 2. The zero-order valence-electron chi connectivity index (χ0n) is 17.5. The van der Waals surface area contributed by atoms with E-state index >= 15 is 0 Å². The summed E-state index contributed by atoms with van der Waals surface area (Å²) in [5.41, 5.74) is 5.46. The lowest BCUT2D eigenvalue weighted by atomic mass is 10.0. The molecule has 0 aliphatic rings. The van der Waals surface area contributed by atoms with E-state index in [9.17, 15) is 4.79 Å². The first kappa shape index (κ1) is 19.6. The molecule has 0 unspecified atom stereocenters. The number of nitrogens with zero attached hydrogens (tertiary/aromatic N) is 4. The molecule has 0 bridgehead atoms. The molecule has 0 aliphatic heterocycles. The summed E-state index contributed by atoms with van der Waals surface area (Å²) in [4.78, 5) is 17.4. The Morgan fingerprint density at radius 1 is 1.07 bits per heavy atom. The van der Waals surface area contributed by atoms with E-state index in [0.29, 0.717) is 24.2 Å². The van der Waals surface area contributed by atoms with Crippen molar-refractivity contribution >= 4 is 5.91 Å². The monoisotopic (exact) mass is 399 g/mol. The van der Waals surface area contributed by atoms with E-state index in [1.54, 1.807) is 17.1 Å². The van der Waals surface area contributed by atoms with Gasteiger partial charge in [-0.3, -0.25) is 4.79 Å². The van der Waals surface area contributed by atoms with Crippen molar-refractivity contribution < 1.29 is 4.79 Å². The SMILES string of the molecule is Cc1ccc(-c2nn(-c3ccccc3)cc2C(=O)NCCc2nccn2C)cc1C. The molecule has 2 heterocycles. The van der Waals surface area contributed by atoms with Crippen molar-refractivity contribution in [2.24, 2.45) is 7.05 Å². The minimum Gasteiger partial charge on any atom is -0.351 e. The average molecular weight is 399 g/mol. The van der Waals surface area contributed by atoms with Gasteiger partial charge in [0.25, 0.3) is 5.91 Å². The fourth-order valence-electron chi connectivity index (χ4n) is 3.38. The Hall–Kier alpha value is -3.67. The number of rotatable bonds is 6. The maximum absolute atomic E-state index is 13.1. The third kappa shape index (κ3) is 4.03. The predicted molar refractivity (Wildman–Crippen MR) is 118 cm³/mol. The average Bonchev–Trinajstić information content (AvgIpc) is 3.37. The molecule has 1 N–H and O–H groups in total. The Morgan fingerprint density at radius 2 is 1.87 bits per heavy atom. The van der Waals surface area contributed by atoms with Gasteiger partial charge >= 0.3 is 0 Å². The lowest BCUT2D eigenvalue weighted by Gasteiger charge is -2.07. The number of aromatic nitrogens is 4. The molecule has 152 valence electrons. The third-order valence-corrected chi connectivity index (χ3v) is 5.32. The molecule has 0 fully saturated rings. The van der Waals surface area contributed by atoms with Gasteiger partial charge in [0.2, 0.25) is 0 Å². The van der Waals surface area contributed by atoms with Crippen molar-refractivity contribution in [1.29, 1.82) is 0 Å². The zero-order valence-corrected chi connectivity index (χ0v) is 17.5. The highest BCUT2D eigenvalue weighted by atomic mass is 16.1. The Kier molecular flexibility index (Phi) is 5.48. The summed E-state index contributed by atoms with van der Waals surface area (Å²) in [5, 5.41) is 7.77. The number of amides is 1. The Bertz CT molecular complexity index is 1170. The molecule has 1 amide bonds. The number of nitrogens with one attached hydrogen (secondary N) is 1. The highest BCUT2D eigenvalue weighted by Crippen LogP contribution is 2.26. The second-order valence-electron chi connectivity index (χ2n) is 7.43. The zero-order chi connectivity index (χ0) is 21.1. The standard InChI is InChI=1S/C24H25N5O/c1-17-9-10-19(15-18(17)2)23-21(16-29(27-23)20-7-5-4-6-8-20)24(30)26-12-11-22-25-13-14-28(22)3/h4-10,13-16H,11-12H2,1-3H3,(H,26,30). The molecule has 0 saturated heterocycles. The lowest BCUT2D eigenvalue weighted by molar-refractivity contribution is 0.0954. The maximum Gasteiger partial charge on any atom is 0.255 e. The largest absolute Gasteiger partial charge is 0.351 e. The first-order chi connectivity index (χ1) is 14.5. The summed E-state index contributed by atoms with van der Waals surface area (Å²) in [6.07, 6.45) is 6.13. The Labute approximate surface area is 176 Å². The summed E-state index contributed by atoms with van der Waals surface area (Å²) in [5.74, 6) is 0.796. The summed E-state index contributed by atoms with van der Waals surface area (Å²) in [6.45, 7) is 4.65. The number of hydrogen-bond donors (Lipinski definition) is 1. The first-order valence-corrected chi connectivity index (χ1v) is 10.00. The van der Waals surface area contributed by atoms with Crippen LogP contribution in [0.4, 0.5) is 0 Å². The van der Waals surface area contributed by atoms with E-state index in [1.807, 2.05) is 54.2 Å². The lowest BCUT2D eigenvalue weighted by Crippen LogP contribution is -2.26. The van der Waals surface area contributed by atoms with Gasteiger partial charge < -0.3 is 9.88 Å². The smallest absolute Gasteiger partial charge is 0.255 e. The van der Waals surface area contributed by atoms with Crippen LogP contribution in [0.15, 0.2) is 67.1 Å². The first-order valence-electron chi connectivity index (χ1n) is 10.00. The maximum atomic E-state index is 13.1. The molecule has 0 atom stereocenters. The second kappa shape index (κ2) is 8.37. The van der Waals surface area contributed by atoms with Gasteiger partial charge in [0, 0.05) is 44.2 Å². The molecule has 2 aromatic heterocycles. The molecule has 0 saturated carbocycles. The van der Waals surface area contributed by atoms with Gasteiger partial charge in [-0.2, -0.15) is 5.10 Å². The number of hydrogen-bond acceptors (Lipinski definition) is 3. The van der Waals surface area contributed by atoms with Crippen LogP contribution in [0.5, 0.6) is 0 Å². The molecule has 30 heavy (non-hydrogen) atoms. The van der Waals surface area contributed by atoms with Crippen LogP contribution in [0.25, 0.3) is 16.9 Å². The number of carbonyl (C=O) groups is 1. The number of imidazole rings is 1. The van der Waals surface area contributed by atoms with Crippen LogP contribution in [-0.4, -0.2) is 31.8 Å². The summed E-state index contributed by atoms with van der Waals surface area (Å²) in [6, 6.07) is 16.0. The molecule has 0 spiro atoms. The van der Waals surface area contributed by atoms with Gasteiger partial charge in [0.05, 0.1) is 11.3 Å². The topological polar surface area (TPSA) is 64.7 Å². The number of aryl methyl sites for hydroxylation is 3. The Morgan fingerprint density at radius 3 is 2.57 bits per heavy atom. The molecule has 2 aromatic carbocycles. The molecule has 0 aliphatic carbocycles. The van der Waals surface area contributed by atoms with Gasteiger partial charge in [-0.1, -0.05) is 30.3 Å². The Balaban J connectivity index is 1.64. The van der Waals surface area contributed by atoms with Crippen molar-refractivity contribution in [2.45, 2.75) is 20.3 Å². The second-order valence-corrected chi connectivity index (χ2v) is 7.43. The van der Waals surface area contributed by atoms with Crippen LogP contribution in [0.2, 0.25) is 0 Å². The minimum absolute atomic E-state index is 0.139. The highest BCUT2D eigenvalue weighted by Gasteiger charge is 2.19. The van der Waals surface area contributed by atoms with E-state index in [-0.39, 0.29) is 5.91 Å². The van der Waals surface area contributed by atoms with Crippen LogP contribution in [0.1, 0.15) is 27.3 Å². The summed E-state index contributed by atoms with van der Waals surface area (Å²) < 4.78 is 3.72. The van der Waals surface area contributed by atoms with E-state index in [1.165, 1.54) is 11.1 Å². The quantitative estimate of drug-likeness (QED) is 0.535. The van der Waals surface area contributed by atoms with E-state index in [2.05, 4.69) is 36.3 Å². The number of carbonyl (C=O) groups excluding carboxylic acids is 1. The van der Waals surface area contributed by atoms with Crippen molar-refractivity contribution in [3.05, 3.63) is 89.6 Å². The summed E-state index contributed by atoms with van der Waals surface area (Å²) in [7, 11) is 1.95. The minimum atomic E-state index is -0.139. The molecule has 0 radical (unpaired) electrons. The van der Waals surface area contributed by atoms with Crippen LogP contribution < -0.4 is 5.32 Å². The van der Waals surface area contributed by atoms with Gasteiger partial charge in [-0.15, -0.1) is 0 Å². The van der Waals surface area contributed by atoms with Crippen LogP contribution in [0.3, 0.4) is 0 Å². The van der Waals surface area contributed by atoms with Gasteiger partial charge in [-0.05, 0) is 43.2 Å². The molecule has 6 heteroatoms. The van der Waals surface area contributed by atoms with Crippen LogP contribution in [-0.2, 0) is 13.5 Å². The van der Waals surface area contributed by atoms with E-state index < -0.39 is 0 Å². The van der Waals surface area contributed by atoms with Crippen LogP contribution >= 0.6 is 0 Å². The van der Waals surface area contributed by atoms with Crippen molar-refractivity contribution in [1.82, 2.24) is 24.6 Å². The van der Waals surface area contributed by atoms with Gasteiger partial charge in [0.1, 0.15) is 11.5 Å². The van der Waals surface area contributed by atoms with Crippen LogP contribution in [0, 0.1) is 13.8 Å². The number of para-hydroxylation sites is 1. The predicted octanol–water partition coefficient (Wildman–Crippen LogP) is 3.86.